The highest BCUT2D eigenvalue weighted by atomic mass is 32.1. The normalized spacial score (nSPS) is 27.1. The summed E-state index contributed by atoms with van der Waals surface area (Å²) in [4.78, 5) is 66.6. The second kappa shape index (κ2) is 16.5. The fourth-order valence-corrected chi connectivity index (χ4v) is 9.32. The second-order valence-corrected chi connectivity index (χ2v) is 17.6. The predicted molar refractivity (Wildman–Crippen MR) is 216 cm³/mol. The van der Waals surface area contributed by atoms with Crippen LogP contribution in [0.1, 0.15) is 91.9 Å². The Kier molecular flexibility index (Phi) is 11.7. The Morgan fingerprint density at radius 2 is 1.81 bits per heavy atom. The van der Waals surface area contributed by atoms with Gasteiger partial charge in [0.15, 0.2) is 5.13 Å². The molecule has 1 aromatic carbocycles. The van der Waals surface area contributed by atoms with Gasteiger partial charge in [0.25, 0.3) is 0 Å². The standard InChI is InChI=1S/C42H54N6O8S/c1-24(2)43-39-45-32(23-57-39)31-20-33(28-18-17-27(54-5)19-30(28)44-31)56-34-22-48-35(41(34,3)4)36(49)47-42(38(51)52)21-25(42)13-9-7-6-8-10-16-29(37(48)50)46-40(53)55-26-14-11-12-15-26/h9,13,17-20,23-26,29,34-35H,6-8,10-12,14-16,21-22H2,1-5H3,(H,43,45)(H,46,53)(H,47,49)(H,51,52)/b13-9-/t25-,29+,34+,35-,42-/m1/s1. The number of aromatic nitrogens is 2. The number of methoxy groups -OCH3 is 1. The summed E-state index contributed by atoms with van der Waals surface area (Å²) >= 11 is 1.47. The second-order valence-electron chi connectivity index (χ2n) is 16.7. The number of allylic oxidation sites excluding steroid dienone is 1. The molecule has 7 rings (SSSR count). The van der Waals surface area contributed by atoms with E-state index in [1.165, 1.54) is 16.2 Å². The molecule has 4 N–H and O–H groups in total. The fourth-order valence-electron chi connectivity index (χ4n) is 8.46. The van der Waals surface area contributed by atoms with Gasteiger partial charge in [-0.15, -0.1) is 11.3 Å². The van der Waals surface area contributed by atoms with E-state index in [0.717, 1.165) is 50.1 Å². The summed E-state index contributed by atoms with van der Waals surface area (Å²) in [6.45, 7) is 7.79. The SMILES string of the molecule is COc1ccc2c(O[C@H]3CN4C(=O)[C@@H](NC(=O)OC5CCCC5)CCCCC/C=C\[C@@H]5C[C@@]5(C(=O)O)NC(=O)[C@@H]4C3(C)C)cc(-c3csc(NC(C)C)n3)nc2c1. The van der Waals surface area contributed by atoms with Crippen LogP contribution in [0.5, 0.6) is 11.5 Å². The van der Waals surface area contributed by atoms with Gasteiger partial charge in [0.2, 0.25) is 11.8 Å². The number of hydrogen-bond acceptors (Lipinski definition) is 11. The van der Waals surface area contributed by atoms with Crippen molar-refractivity contribution in [2.75, 3.05) is 19.0 Å². The molecule has 0 spiro atoms. The lowest BCUT2D eigenvalue weighted by Crippen LogP contribution is -2.59. The smallest absolute Gasteiger partial charge is 0.408 e. The van der Waals surface area contributed by atoms with Crippen LogP contribution in [0, 0.1) is 11.3 Å². The Hall–Kier alpha value is -4.92. The van der Waals surface area contributed by atoms with Gasteiger partial charge in [0.05, 0.1) is 24.9 Å². The van der Waals surface area contributed by atoms with Crippen LogP contribution in [-0.2, 0) is 19.1 Å². The van der Waals surface area contributed by atoms with Gasteiger partial charge in [-0.1, -0.05) is 38.8 Å². The van der Waals surface area contributed by atoms with Gasteiger partial charge < -0.3 is 40.2 Å². The number of nitrogens with one attached hydrogen (secondary N) is 3. The van der Waals surface area contributed by atoms with Gasteiger partial charge in [-0.05, 0) is 77.3 Å². The van der Waals surface area contributed by atoms with E-state index in [1.807, 2.05) is 69.5 Å². The molecule has 15 heteroatoms. The topological polar surface area (TPSA) is 181 Å². The number of carboxylic acids is 1. The number of pyridine rings is 1. The minimum atomic E-state index is -1.48. The number of carbonyl (C=O) groups is 4. The third-order valence-electron chi connectivity index (χ3n) is 11.8. The number of aliphatic carboxylic acids is 1. The number of anilines is 1. The maximum atomic E-state index is 14.8. The first-order valence-corrected chi connectivity index (χ1v) is 21.0. The van der Waals surface area contributed by atoms with E-state index in [9.17, 15) is 24.3 Å². The summed E-state index contributed by atoms with van der Waals surface area (Å²) in [7, 11) is 1.59. The Labute approximate surface area is 337 Å². The van der Waals surface area contributed by atoms with E-state index in [-0.39, 0.29) is 31.0 Å². The molecule has 2 aliphatic carbocycles. The molecule has 0 radical (unpaired) electrons. The van der Waals surface area contributed by atoms with Crippen molar-refractivity contribution >= 4 is 51.2 Å². The highest BCUT2D eigenvalue weighted by Crippen LogP contribution is 2.47. The van der Waals surface area contributed by atoms with Gasteiger partial charge in [0.1, 0.15) is 47.0 Å². The molecular weight excluding hydrogens is 749 g/mol. The maximum absolute atomic E-state index is 14.8. The van der Waals surface area contributed by atoms with Crippen LogP contribution >= 0.6 is 11.3 Å². The van der Waals surface area contributed by atoms with Crippen molar-refractivity contribution in [1.82, 2.24) is 25.5 Å². The molecule has 2 aromatic heterocycles. The summed E-state index contributed by atoms with van der Waals surface area (Å²) in [6, 6.07) is 5.41. The van der Waals surface area contributed by atoms with Gasteiger partial charge >= 0.3 is 12.1 Å². The molecule has 5 atom stereocenters. The lowest BCUT2D eigenvalue weighted by Gasteiger charge is -2.35. The first kappa shape index (κ1) is 40.3. The summed E-state index contributed by atoms with van der Waals surface area (Å²) in [5, 5.41) is 22.8. The van der Waals surface area contributed by atoms with Crippen molar-refractivity contribution in [2.45, 2.75) is 128 Å². The third kappa shape index (κ3) is 8.53. The van der Waals surface area contributed by atoms with Crippen LogP contribution in [0.25, 0.3) is 22.3 Å². The van der Waals surface area contributed by atoms with Crippen molar-refractivity contribution in [2.24, 2.45) is 11.3 Å². The number of carbonyl (C=O) groups excluding carboxylic acids is 3. The zero-order chi connectivity index (χ0) is 40.5. The molecule has 0 bridgehead atoms. The number of nitrogens with zero attached hydrogens (tertiary/aromatic N) is 3. The first-order valence-electron chi connectivity index (χ1n) is 20.2. The quantitative estimate of drug-likeness (QED) is 0.169. The molecule has 14 nitrogen and oxygen atoms in total. The zero-order valence-corrected chi connectivity index (χ0v) is 34.2. The average Bonchev–Trinajstić information content (AvgIpc) is 3.49. The third-order valence-corrected chi connectivity index (χ3v) is 12.6. The van der Waals surface area contributed by atoms with Crippen LogP contribution < -0.4 is 25.4 Å². The monoisotopic (exact) mass is 802 g/mol. The van der Waals surface area contributed by atoms with Crippen LogP contribution in [0.3, 0.4) is 0 Å². The summed E-state index contributed by atoms with van der Waals surface area (Å²) < 4.78 is 18.2. The van der Waals surface area contributed by atoms with Gasteiger partial charge in [0, 0.05) is 40.3 Å². The van der Waals surface area contributed by atoms with Crippen molar-refractivity contribution in [3.63, 3.8) is 0 Å². The lowest BCUT2D eigenvalue weighted by molar-refractivity contribution is -0.147. The van der Waals surface area contributed by atoms with E-state index in [4.69, 9.17) is 24.2 Å². The van der Waals surface area contributed by atoms with Gasteiger partial charge in [-0.3, -0.25) is 9.59 Å². The zero-order valence-electron chi connectivity index (χ0n) is 33.3. The highest BCUT2D eigenvalue weighted by molar-refractivity contribution is 7.14. The summed E-state index contributed by atoms with van der Waals surface area (Å²) in [5.41, 5.74) is -0.698. The lowest BCUT2D eigenvalue weighted by atomic mass is 9.81. The molecule has 0 unspecified atom stereocenters. The summed E-state index contributed by atoms with van der Waals surface area (Å²) in [6.07, 6.45) is 9.44. The van der Waals surface area contributed by atoms with Crippen molar-refractivity contribution in [3.05, 3.63) is 41.8 Å². The van der Waals surface area contributed by atoms with Crippen LogP contribution in [0.2, 0.25) is 0 Å². The number of ether oxygens (including phenoxy) is 3. The van der Waals surface area contributed by atoms with Crippen molar-refractivity contribution in [1.29, 1.82) is 0 Å². The Balaban J connectivity index is 1.25. The van der Waals surface area contributed by atoms with E-state index in [1.54, 1.807) is 7.11 Å². The molecule has 57 heavy (non-hydrogen) atoms. The first-order chi connectivity index (χ1) is 27.3. The number of fused-ring (bicyclic) bond motifs is 3. The van der Waals surface area contributed by atoms with Crippen LogP contribution in [0.4, 0.5) is 9.93 Å². The van der Waals surface area contributed by atoms with Crippen molar-refractivity contribution in [3.8, 4) is 22.9 Å². The Morgan fingerprint density at radius 1 is 1.04 bits per heavy atom. The molecule has 306 valence electrons. The maximum Gasteiger partial charge on any atom is 0.408 e. The molecule has 2 aliphatic heterocycles. The highest BCUT2D eigenvalue weighted by Gasteiger charge is 2.63. The predicted octanol–water partition coefficient (Wildman–Crippen LogP) is 6.69. The molecule has 1 saturated heterocycles. The minimum Gasteiger partial charge on any atom is -0.497 e. The Bertz CT molecular complexity index is 2030. The van der Waals surface area contributed by atoms with Gasteiger partial charge in [-0.2, -0.15) is 0 Å². The summed E-state index contributed by atoms with van der Waals surface area (Å²) in [5.74, 6) is -1.44. The number of carboxylic acid groups (broad SMARTS) is 1. The number of thiazole rings is 1. The molecule has 2 saturated carbocycles. The molecular formula is C42H54N6O8S. The number of benzene rings is 1. The molecule has 4 heterocycles. The van der Waals surface area contributed by atoms with E-state index < -0.39 is 53.0 Å². The van der Waals surface area contributed by atoms with Gasteiger partial charge in [-0.25, -0.2) is 19.6 Å². The average molecular weight is 803 g/mol. The van der Waals surface area contributed by atoms with Crippen LogP contribution in [0.15, 0.2) is 41.8 Å². The van der Waals surface area contributed by atoms with E-state index in [2.05, 4.69) is 16.0 Å². The number of rotatable bonds is 9. The molecule has 3 aromatic rings. The number of alkyl carbamates (subject to hydrolysis) is 1. The van der Waals surface area contributed by atoms with E-state index >= 15 is 0 Å². The number of amides is 3. The largest absolute Gasteiger partial charge is 0.497 e. The molecule has 3 amide bonds. The fraction of sp³-hybridized carbons (Fsp3) is 0.571. The van der Waals surface area contributed by atoms with Crippen molar-refractivity contribution < 1.29 is 38.5 Å². The minimum absolute atomic E-state index is 0.00234. The van der Waals surface area contributed by atoms with E-state index in [0.29, 0.717) is 46.6 Å². The number of hydrogen-bond donors (Lipinski definition) is 4. The Morgan fingerprint density at radius 3 is 2.54 bits per heavy atom. The molecule has 4 aliphatic rings. The molecule has 3 fully saturated rings. The van der Waals surface area contributed by atoms with Crippen LogP contribution in [-0.4, -0.2) is 93.4 Å².